The van der Waals surface area contributed by atoms with Gasteiger partial charge in [0.1, 0.15) is 24.7 Å². The van der Waals surface area contributed by atoms with Crippen molar-refractivity contribution in [2.45, 2.75) is 51.4 Å². The first-order chi connectivity index (χ1) is 12.4. The SMILES string of the molecule is CC(C)C(NC(=O)C(CC(N)=O)NC(=O)C(N)C(C)O)C(=O)NCC(=O)O. The van der Waals surface area contributed by atoms with Crippen LogP contribution in [0.4, 0.5) is 0 Å². The van der Waals surface area contributed by atoms with Crippen molar-refractivity contribution in [2.24, 2.45) is 17.4 Å². The molecule has 0 radical (unpaired) electrons. The van der Waals surface area contributed by atoms with E-state index in [1.165, 1.54) is 6.92 Å². The van der Waals surface area contributed by atoms with Gasteiger partial charge in [0.2, 0.25) is 23.6 Å². The first-order valence-corrected chi connectivity index (χ1v) is 8.19. The molecular formula is C15H27N5O7. The van der Waals surface area contributed by atoms with Gasteiger partial charge in [-0.15, -0.1) is 0 Å². The lowest BCUT2D eigenvalue weighted by atomic mass is 10.0. The van der Waals surface area contributed by atoms with Gasteiger partial charge >= 0.3 is 5.97 Å². The highest BCUT2D eigenvalue weighted by atomic mass is 16.4. The molecular weight excluding hydrogens is 362 g/mol. The first-order valence-electron chi connectivity index (χ1n) is 8.19. The van der Waals surface area contributed by atoms with Crippen molar-refractivity contribution in [1.29, 1.82) is 0 Å². The van der Waals surface area contributed by atoms with Gasteiger partial charge in [0.15, 0.2) is 0 Å². The van der Waals surface area contributed by atoms with Crippen LogP contribution in [0.25, 0.3) is 0 Å². The number of carbonyl (C=O) groups excluding carboxylic acids is 4. The van der Waals surface area contributed by atoms with Crippen LogP contribution in [-0.2, 0) is 24.0 Å². The number of hydrogen-bond acceptors (Lipinski definition) is 7. The summed E-state index contributed by atoms with van der Waals surface area (Å²) in [5.41, 5.74) is 10.6. The molecule has 0 aliphatic rings. The fourth-order valence-electron chi connectivity index (χ4n) is 1.96. The van der Waals surface area contributed by atoms with Crippen molar-refractivity contribution in [3.05, 3.63) is 0 Å². The molecule has 4 amide bonds. The van der Waals surface area contributed by atoms with Gasteiger partial charge in [-0.2, -0.15) is 0 Å². The minimum atomic E-state index is -1.42. The van der Waals surface area contributed by atoms with E-state index in [0.717, 1.165) is 0 Å². The average Bonchev–Trinajstić information content (AvgIpc) is 2.54. The number of carboxylic acid groups (broad SMARTS) is 1. The van der Waals surface area contributed by atoms with Gasteiger partial charge in [-0.25, -0.2) is 0 Å². The quantitative estimate of drug-likeness (QED) is 0.187. The van der Waals surface area contributed by atoms with Crippen LogP contribution in [0.1, 0.15) is 27.2 Å². The summed E-state index contributed by atoms with van der Waals surface area (Å²) in [6.07, 6.45) is -1.77. The molecule has 4 unspecified atom stereocenters. The molecule has 0 fully saturated rings. The minimum absolute atomic E-state index is 0.424. The Kier molecular flexibility index (Phi) is 9.96. The summed E-state index contributed by atoms with van der Waals surface area (Å²) in [6, 6.07) is -3.88. The van der Waals surface area contributed by atoms with Gasteiger partial charge < -0.3 is 37.6 Å². The summed E-state index contributed by atoms with van der Waals surface area (Å²) in [4.78, 5) is 58.2. The van der Waals surface area contributed by atoms with Crippen molar-refractivity contribution in [2.75, 3.05) is 6.54 Å². The zero-order chi connectivity index (χ0) is 21.3. The lowest BCUT2D eigenvalue weighted by molar-refractivity contribution is -0.139. The first kappa shape index (κ1) is 24.3. The van der Waals surface area contributed by atoms with E-state index in [0.29, 0.717) is 0 Å². The molecule has 0 rings (SSSR count). The minimum Gasteiger partial charge on any atom is -0.480 e. The van der Waals surface area contributed by atoms with Crippen LogP contribution < -0.4 is 27.4 Å². The second-order valence-electron chi connectivity index (χ2n) is 6.34. The molecule has 9 N–H and O–H groups in total. The number of rotatable bonds is 11. The van der Waals surface area contributed by atoms with Crippen LogP contribution in [0.5, 0.6) is 0 Å². The molecule has 0 aromatic rings. The van der Waals surface area contributed by atoms with Crippen LogP contribution in [0, 0.1) is 5.92 Å². The molecule has 0 saturated carbocycles. The van der Waals surface area contributed by atoms with Crippen LogP contribution >= 0.6 is 0 Å². The zero-order valence-corrected chi connectivity index (χ0v) is 15.4. The molecule has 12 nitrogen and oxygen atoms in total. The smallest absolute Gasteiger partial charge is 0.322 e. The normalized spacial score (nSPS) is 15.2. The predicted octanol–water partition coefficient (Wildman–Crippen LogP) is -3.60. The molecule has 4 atom stereocenters. The Labute approximate surface area is 156 Å². The van der Waals surface area contributed by atoms with Gasteiger partial charge in [0, 0.05) is 0 Å². The summed E-state index contributed by atoms with van der Waals surface area (Å²) in [5.74, 6) is -5.09. The summed E-state index contributed by atoms with van der Waals surface area (Å²) in [5, 5.41) is 24.6. The highest BCUT2D eigenvalue weighted by Crippen LogP contribution is 2.04. The molecule has 27 heavy (non-hydrogen) atoms. The number of nitrogens with two attached hydrogens (primary N) is 2. The summed E-state index contributed by atoms with van der Waals surface area (Å²) in [6.45, 7) is 3.85. The third-order valence-electron chi connectivity index (χ3n) is 3.52. The van der Waals surface area contributed by atoms with Crippen molar-refractivity contribution in [1.82, 2.24) is 16.0 Å². The Bertz CT molecular complexity index is 579. The molecule has 0 aliphatic heterocycles. The standard InChI is InChI=1S/C15H27N5O7/c1-6(2)12(15(27)18-5-10(23)24)20-13(25)8(4-9(16)22)19-14(26)11(17)7(3)21/h6-8,11-12,21H,4-5,17H2,1-3H3,(H2,16,22)(H,18,27)(H,19,26)(H,20,25)(H,23,24). The lowest BCUT2D eigenvalue weighted by Gasteiger charge is -2.25. The maximum atomic E-state index is 12.4. The van der Waals surface area contributed by atoms with Gasteiger partial charge in [0.05, 0.1) is 12.5 Å². The number of amides is 4. The molecule has 154 valence electrons. The number of aliphatic hydroxyl groups excluding tert-OH is 1. The van der Waals surface area contributed by atoms with E-state index < -0.39 is 72.7 Å². The van der Waals surface area contributed by atoms with E-state index in [4.69, 9.17) is 16.6 Å². The number of aliphatic carboxylic acids is 1. The van der Waals surface area contributed by atoms with Crippen LogP contribution in [0.2, 0.25) is 0 Å². The highest BCUT2D eigenvalue weighted by molar-refractivity contribution is 5.96. The number of hydrogen-bond donors (Lipinski definition) is 7. The third-order valence-corrected chi connectivity index (χ3v) is 3.52. The molecule has 0 heterocycles. The van der Waals surface area contributed by atoms with E-state index >= 15 is 0 Å². The molecule has 0 aromatic heterocycles. The Morgan fingerprint density at radius 1 is 0.963 bits per heavy atom. The van der Waals surface area contributed by atoms with Gasteiger partial charge in [-0.1, -0.05) is 13.8 Å². The summed E-state index contributed by atoms with van der Waals surface area (Å²) >= 11 is 0. The van der Waals surface area contributed by atoms with E-state index in [9.17, 15) is 29.1 Å². The monoisotopic (exact) mass is 389 g/mol. The summed E-state index contributed by atoms with van der Waals surface area (Å²) in [7, 11) is 0. The second kappa shape index (κ2) is 11.1. The average molecular weight is 389 g/mol. The topological polar surface area (TPSA) is 214 Å². The fourth-order valence-corrected chi connectivity index (χ4v) is 1.96. The second-order valence-corrected chi connectivity index (χ2v) is 6.34. The number of aliphatic hydroxyl groups is 1. The van der Waals surface area contributed by atoms with E-state index in [1.807, 2.05) is 0 Å². The maximum absolute atomic E-state index is 12.4. The van der Waals surface area contributed by atoms with Crippen LogP contribution in [-0.4, -0.2) is 70.6 Å². The van der Waals surface area contributed by atoms with E-state index in [-0.39, 0.29) is 0 Å². The van der Waals surface area contributed by atoms with Crippen molar-refractivity contribution >= 4 is 29.6 Å². The maximum Gasteiger partial charge on any atom is 0.322 e. The molecule has 0 saturated heterocycles. The number of primary amides is 1. The van der Waals surface area contributed by atoms with Crippen molar-refractivity contribution in [3.63, 3.8) is 0 Å². The number of carbonyl (C=O) groups is 5. The summed E-state index contributed by atoms with van der Waals surface area (Å²) < 4.78 is 0. The molecule has 0 bridgehead atoms. The van der Waals surface area contributed by atoms with E-state index in [1.54, 1.807) is 13.8 Å². The fraction of sp³-hybridized carbons (Fsp3) is 0.667. The Morgan fingerprint density at radius 2 is 1.52 bits per heavy atom. The Morgan fingerprint density at radius 3 is 1.93 bits per heavy atom. The lowest BCUT2D eigenvalue weighted by Crippen LogP contribution is -2.59. The Balaban J connectivity index is 5.22. The van der Waals surface area contributed by atoms with Crippen molar-refractivity contribution in [3.8, 4) is 0 Å². The van der Waals surface area contributed by atoms with Crippen LogP contribution in [0.3, 0.4) is 0 Å². The van der Waals surface area contributed by atoms with Crippen LogP contribution in [0.15, 0.2) is 0 Å². The number of nitrogens with one attached hydrogen (secondary N) is 3. The number of carboxylic acids is 1. The van der Waals surface area contributed by atoms with Gasteiger partial charge in [0.25, 0.3) is 0 Å². The molecule has 0 aliphatic carbocycles. The predicted molar refractivity (Wildman–Crippen MR) is 92.8 cm³/mol. The van der Waals surface area contributed by atoms with Gasteiger partial charge in [-0.05, 0) is 12.8 Å². The third kappa shape index (κ3) is 8.96. The molecule has 12 heteroatoms. The zero-order valence-electron chi connectivity index (χ0n) is 15.4. The Hall–Kier alpha value is -2.73. The molecule has 0 spiro atoms. The van der Waals surface area contributed by atoms with Crippen molar-refractivity contribution < 1.29 is 34.2 Å². The molecule has 0 aromatic carbocycles. The van der Waals surface area contributed by atoms with E-state index in [2.05, 4.69) is 16.0 Å². The largest absolute Gasteiger partial charge is 0.480 e. The van der Waals surface area contributed by atoms with Gasteiger partial charge in [-0.3, -0.25) is 24.0 Å². The highest BCUT2D eigenvalue weighted by Gasteiger charge is 2.31.